The molecule has 76 heavy (non-hydrogen) atoms. The molecule has 424 valence electrons. The molecule has 0 radical (unpaired) electrons. The molecule has 0 aromatic heterocycles. The predicted molar refractivity (Wildman–Crippen MR) is 265 cm³/mol. The highest BCUT2D eigenvalue weighted by atomic mass is 32.2. The number of carbonyl (C=O) groups is 12. The van der Waals surface area contributed by atoms with Crippen LogP contribution in [0.1, 0.15) is 91.0 Å². The number of methoxy groups -OCH3 is 1. The van der Waals surface area contributed by atoms with E-state index in [-0.39, 0.29) is 56.1 Å². The Morgan fingerprint density at radius 1 is 0.842 bits per heavy atom. The smallest absolute Gasteiger partial charge is 0.490 e. The molecule has 3 rings (SSSR count). The summed E-state index contributed by atoms with van der Waals surface area (Å²) in [6.07, 6.45) is -5.48. The number of ether oxygens (including phenoxy) is 1. The van der Waals surface area contributed by atoms with Crippen molar-refractivity contribution in [2.45, 2.75) is 140 Å². The summed E-state index contributed by atoms with van der Waals surface area (Å²) in [6, 6.07) is -2.68. The number of likely N-dealkylation sites (tertiary alicyclic amines) is 1. The third-order valence-corrected chi connectivity index (χ3v) is 13.0. The second-order valence-electron chi connectivity index (χ2n) is 18.4. The fourth-order valence-electron chi connectivity index (χ4n) is 7.64. The standard InChI is InChI=1S/C45H68N10O13S.C2HF3O2/c1-6-25(4)38-43(64)51-28(15-16-34(46)56)40(61)53-31(45(66)67)21-37(59)50-32(23-69-18-8-10-36(58)49-30(41(62)54-38)20-26-11-13-27(68-5)14-12-26)44(65)55-17-7-9-33(55)42(63)52-29(19-24(2)3)39(60)48-22-35(47)57;3-2(4,5)1(6)7/h11-14,24-25,28-33,38H,6-10,15-23H2,1-5H3,(H2,46,56)(H2,47,57)(H,48,60)(H,49,58)(H,50,59)(H,51,64)(H,52,63)(H,53,61)(H,54,62)(H,66,67);(H,6,7)/t25-,28-,29-,30-,31-,32-,33-,38-;/m0./s1. The van der Waals surface area contributed by atoms with Crippen LogP contribution in [0.3, 0.4) is 0 Å². The van der Waals surface area contributed by atoms with Gasteiger partial charge in [-0.15, -0.1) is 0 Å². The van der Waals surface area contributed by atoms with Crippen molar-refractivity contribution in [1.29, 1.82) is 0 Å². The topological polar surface area (TPSA) is 394 Å². The van der Waals surface area contributed by atoms with E-state index < -0.39 is 151 Å². The van der Waals surface area contributed by atoms with Gasteiger partial charge in [-0.2, -0.15) is 24.9 Å². The van der Waals surface area contributed by atoms with Crippen molar-refractivity contribution in [3.63, 3.8) is 0 Å². The van der Waals surface area contributed by atoms with E-state index >= 15 is 0 Å². The van der Waals surface area contributed by atoms with Crippen molar-refractivity contribution in [3.05, 3.63) is 29.8 Å². The number of carbonyl (C=O) groups excluding carboxylic acids is 10. The van der Waals surface area contributed by atoms with E-state index in [0.717, 1.165) is 0 Å². The molecule has 10 amide bonds. The van der Waals surface area contributed by atoms with Gasteiger partial charge in [0.1, 0.15) is 48.0 Å². The number of primary amides is 2. The molecule has 2 aliphatic heterocycles. The Morgan fingerprint density at radius 3 is 2.03 bits per heavy atom. The summed E-state index contributed by atoms with van der Waals surface area (Å²) < 4.78 is 37.0. The first-order valence-electron chi connectivity index (χ1n) is 24.3. The molecular weight excluding hydrogens is 1030 g/mol. The summed E-state index contributed by atoms with van der Waals surface area (Å²) in [5.74, 6) is -12.1. The number of halogens is 3. The summed E-state index contributed by atoms with van der Waals surface area (Å²) in [7, 11) is 1.49. The lowest BCUT2D eigenvalue weighted by molar-refractivity contribution is -0.192. The van der Waals surface area contributed by atoms with Crippen molar-refractivity contribution in [2.75, 3.05) is 31.7 Å². The Labute approximate surface area is 440 Å². The van der Waals surface area contributed by atoms with Crippen molar-refractivity contribution in [2.24, 2.45) is 23.3 Å². The van der Waals surface area contributed by atoms with E-state index in [1.807, 2.05) is 13.8 Å². The van der Waals surface area contributed by atoms with Crippen LogP contribution in [0.25, 0.3) is 0 Å². The van der Waals surface area contributed by atoms with Crippen LogP contribution < -0.4 is 53.4 Å². The fraction of sp³-hybridized carbons (Fsp3) is 0.617. The van der Waals surface area contributed by atoms with E-state index in [0.29, 0.717) is 24.2 Å². The molecule has 0 unspecified atom stereocenters. The summed E-state index contributed by atoms with van der Waals surface area (Å²) in [5.41, 5.74) is 11.2. The van der Waals surface area contributed by atoms with Crippen LogP contribution in [0.2, 0.25) is 0 Å². The Balaban J connectivity index is 0.00000263. The van der Waals surface area contributed by atoms with Gasteiger partial charge in [-0.1, -0.05) is 46.2 Å². The van der Waals surface area contributed by atoms with Gasteiger partial charge in [0.2, 0.25) is 59.1 Å². The molecule has 2 heterocycles. The summed E-state index contributed by atoms with van der Waals surface area (Å²) in [4.78, 5) is 156. The van der Waals surface area contributed by atoms with E-state index in [9.17, 15) is 71.0 Å². The quantitative estimate of drug-likeness (QED) is 0.0867. The number of amides is 10. The number of nitrogens with two attached hydrogens (primary N) is 2. The maximum absolute atomic E-state index is 14.3. The number of carboxylic acid groups (broad SMARTS) is 2. The SMILES string of the molecule is CC[C@H](C)[C@@H]1NC(=O)[C@H](Cc2ccc(OC)cc2)NC(=O)CCCSC[C@@H](C(=O)N2CCC[C@H]2C(=O)N[C@@H](CC(C)C)C(=O)NCC(N)=O)NC(=O)C[C@@H](C(=O)O)NC(=O)[C@H](CCC(N)=O)NC1=O.O=C(O)C(F)(F)F. The molecule has 29 heteroatoms. The van der Waals surface area contributed by atoms with E-state index in [1.54, 1.807) is 38.1 Å². The highest BCUT2D eigenvalue weighted by Gasteiger charge is 2.41. The van der Waals surface area contributed by atoms with E-state index in [4.69, 9.17) is 26.1 Å². The highest BCUT2D eigenvalue weighted by molar-refractivity contribution is 7.99. The van der Waals surface area contributed by atoms with Gasteiger partial charge in [0.05, 0.1) is 20.1 Å². The minimum absolute atomic E-state index is 0.00522. The van der Waals surface area contributed by atoms with Gasteiger partial charge in [-0.25, -0.2) is 9.59 Å². The van der Waals surface area contributed by atoms with Crippen molar-refractivity contribution < 1.29 is 85.7 Å². The van der Waals surface area contributed by atoms with E-state index in [2.05, 4.69) is 37.2 Å². The summed E-state index contributed by atoms with van der Waals surface area (Å²) in [5, 5.41) is 35.1. The van der Waals surface area contributed by atoms with Crippen LogP contribution in [-0.2, 0) is 64.0 Å². The largest absolute Gasteiger partial charge is 0.497 e. The second kappa shape index (κ2) is 31.6. The lowest BCUT2D eigenvalue weighted by Crippen LogP contribution is -2.60. The molecule has 13 N–H and O–H groups in total. The molecule has 8 atom stereocenters. The van der Waals surface area contributed by atoms with Gasteiger partial charge in [0.15, 0.2) is 0 Å². The lowest BCUT2D eigenvalue weighted by Gasteiger charge is -2.30. The molecule has 1 aromatic rings. The molecule has 0 spiro atoms. The number of thioether (sulfide) groups is 1. The number of nitrogens with zero attached hydrogens (tertiary/aromatic N) is 1. The number of rotatable bonds is 17. The first-order chi connectivity index (χ1) is 35.6. The number of nitrogens with one attached hydrogen (secondary N) is 7. The first kappa shape index (κ1) is 64.9. The number of alkyl halides is 3. The van der Waals surface area contributed by atoms with Gasteiger partial charge < -0.3 is 68.5 Å². The van der Waals surface area contributed by atoms with E-state index in [1.165, 1.54) is 23.8 Å². The number of hydrogen-bond donors (Lipinski definition) is 11. The average molecular weight is 1100 g/mol. The average Bonchev–Trinajstić information content (AvgIpc) is 3.84. The van der Waals surface area contributed by atoms with Gasteiger partial charge in [0.25, 0.3) is 0 Å². The molecule has 2 saturated heterocycles. The zero-order valence-electron chi connectivity index (χ0n) is 42.8. The van der Waals surface area contributed by atoms with Gasteiger partial charge in [-0.05, 0) is 67.4 Å². The first-order valence-corrected chi connectivity index (χ1v) is 25.4. The van der Waals surface area contributed by atoms with Gasteiger partial charge in [0, 0.05) is 31.6 Å². The molecule has 1 aromatic carbocycles. The summed E-state index contributed by atoms with van der Waals surface area (Å²) >= 11 is 1.18. The molecule has 0 saturated carbocycles. The monoisotopic (exact) mass is 1100 g/mol. The molecule has 2 fully saturated rings. The van der Waals surface area contributed by atoms with Crippen LogP contribution in [-0.4, -0.2) is 166 Å². The normalized spacial score (nSPS) is 22.2. The zero-order valence-corrected chi connectivity index (χ0v) is 43.6. The molecule has 25 nitrogen and oxygen atoms in total. The molecule has 2 aliphatic rings. The Hall–Kier alpha value is -7.20. The Bertz CT molecular complexity index is 2240. The minimum Gasteiger partial charge on any atom is -0.497 e. The van der Waals surface area contributed by atoms with Crippen LogP contribution >= 0.6 is 11.8 Å². The fourth-order valence-corrected chi connectivity index (χ4v) is 8.62. The minimum atomic E-state index is -5.08. The van der Waals surface area contributed by atoms with Crippen molar-refractivity contribution in [1.82, 2.24) is 42.1 Å². The third-order valence-electron chi connectivity index (χ3n) is 11.8. The number of benzene rings is 1. The maximum atomic E-state index is 14.3. The molecule has 0 aliphatic carbocycles. The second-order valence-corrected chi connectivity index (χ2v) is 19.5. The number of hydrogen-bond acceptors (Lipinski definition) is 14. The van der Waals surface area contributed by atoms with Crippen LogP contribution in [0, 0.1) is 11.8 Å². The predicted octanol–water partition coefficient (Wildman–Crippen LogP) is -1.27. The Morgan fingerprint density at radius 2 is 1.47 bits per heavy atom. The number of aliphatic carboxylic acids is 2. The van der Waals surface area contributed by atoms with Gasteiger partial charge in [-0.3, -0.25) is 47.9 Å². The maximum Gasteiger partial charge on any atom is 0.490 e. The van der Waals surface area contributed by atoms with Crippen LogP contribution in [0.5, 0.6) is 5.75 Å². The molecule has 0 bridgehead atoms. The van der Waals surface area contributed by atoms with Crippen LogP contribution in [0.15, 0.2) is 24.3 Å². The highest BCUT2D eigenvalue weighted by Crippen LogP contribution is 2.22. The van der Waals surface area contributed by atoms with Gasteiger partial charge >= 0.3 is 18.1 Å². The summed E-state index contributed by atoms with van der Waals surface area (Å²) in [6.45, 7) is 6.72. The lowest BCUT2D eigenvalue weighted by atomic mass is 9.96. The van der Waals surface area contributed by atoms with Crippen molar-refractivity contribution >= 4 is 82.8 Å². The van der Waals surface area contributed by atoms with Crippen molar-refractivity contribution in [3.8, 4) is 5.75 Å². The Kier molecular flexibility index (Phi) is 27.0. The van der Waals surface area contributed by atoms with Crippen LogP contribution in [0.4, 0.5) is 13.2 Å². The number of carboxylic acids is 2. The zero-order chi connectivity index (χ0) is 57.4. The molecular formula is C47H69F3N10O15S. The third kappa shape index (κ3) is 22.7.